The first-order valence-electron chi connectivity index (χ1n) is 2.85. The van der Waals surface area contributed by atoms with Crippen molar-refractivity contribution in [3.05, 3.63) is 29.0 Å². The van der Waals surface area contributed by atoms with Gasteiger partial charge in [-0.25, -0.2) is 0 Å². The van der Waals surface area contributed by atoms with Gasteiger partial charge in [0.25, 0.3) is 0 Å². The average Bonchev–Trinajstić information content (AvgIpc) is 1.88. The van der Waals surface area contributed by atoms with E-state index in [2.05, 4.69) is 5.16 Å². The molecular formula is C7H6NNaO2. The van der Waals surface area contributed by atoms with Gasteiger partial charge in [0, 0.05) is 0 Å². The fraction of sp³-hybridized carbons (Fsp3) is 0.143. The number of hydrogen-bond donors (Lipinski definition) is 0. The number of ketones is 1. The largest absolute Gasteiger partial charge is 1.00 e. The van der Waals surface area contributed by atoms with Crippen molar-refractivity contribution in [2.24, 2.45) is 5.16 Å². The molecule has 3 nitrogen and oxygen atoms in total. The summed E-state index contributed by atoms with van der Waals surface area (Å²) in [4.78, 5) is 10.6. The number of hydrogen-bond acceptors (Lipinski definition) is 3. The fourth-order valence-electron chi connectivity index (χ4n) is 0.730. The Morgan fingerprint density at radius 3 is 2.55 bits per heavy atom. The summed E-state index contributed by atoms with van der Waals surface area (Å²) >= 11 is 0. The molecule has 0 aromatic carbocycles. The van der Waals surface area contributed by atoms with E-state index in [1.807, 2.05) is 0 Å². The summed E-state index contributed by atoms with van der Waals surface area (Å²) in [6, 6.07) is 0. The summed E-state index contributed by atoms with van der Waals surface area (Å²) in [6.07, 6.45) is 4.13. The van der Waals surface area contributed by atoms with Crippen molar-refractivity contribution in [3.63, 3.8) is 0 Å². The van der Waals surface area contributed by atoms with Gasteiger partial charge in [-0.2, -0.15) is 0 Å². The van der Waals surface area contributed by atoms with Gasteiger partial charge < -0.3 is 10.4 Å². The summed E-state index contributed by atoms with van der Waals surface area (Å²) in [7, 11) is 0. The number of nitrogens with zero attached hydrogens (tertiary/aromatic N) is 1. The summed E-state index contributed by atoms with van der Waals surface area (Å²) in [5.41, 5.74) is 0.960. The SMILES string of the molecule is CC1=CC(=O)C=C/C1=N\[O-].[Na+]. The molecule has 0 radical (unpaired) electrons. The molecule has 0 bridgehead atoms. The van der Waals surface area contributed by atoms with E-state index in [-0.39, 0.29) is 35.3 Å². The topological polar surface area (TPSA) is 52.5 Å². The van der Waals surface area contributed by atoms with E-state index in [1.165, 1.54) is 18.2 Å². The Morgan fingerprint density at radius 1 is 1.45 bits per heavy atom. The van der Waals surface area contributed by atoms with Gasteiger partial charge in [0.1, 0.15) is 0 Å². The minimum Gasteiger partial charge on any atom is -0.792 e. The minimum atomic E-state index is -0.0927. The van der Waals surface area contributed by atoms with Crippen LogP contribution in [0.25, 0.3) is 0 Å². The second-order valence-electron chi connectivity index (χ2n) is 2.04. The molecule has 1 aliphatic carbocycles. The molecule has 4 heteroatoms. The van der Waals surface area contributed by atoms with E-state index < -0.39 is 0 Å². The molecule has 0 aromatic rings. The molecule has 0 spiro atoms. The van der Waals surface area contributed by atoms with Crippen LogP contribution in [0.2, 0.25) is 0 Å². The Bertz CT molecular complexity index is 253. The van der Waals surface area contributed by atoms with Crippen LogP contribution >= 0.6 is 0 Å². The van der Waals surface area contributed by atoms with Crippen molar-refractivity contribution >= 4 is 11.5 Å². The van der Waals surface area contributed by atoms with Crippen LogP contribution in [-0.4, -0.2) is 11.5 Å². The third-order valence-electron chi connectivity index (χ3n) is 1.27. The predicted octanol–water partition coefficient (Wildman–Crippen LogP) is -1.99. The van der Waals surface area contributed by atoms with Gasteiger partial charge in [0.05, 0.1) is 5.71 Å². The molecule has 1 rings (SSSR count). The van der Waals surface area contributed by atoms with Gasteiger partial charge in [-0.15, -0.1) is 0 Å². The van der Waals surface area contributed by atoms with Crippen LogP contribution < -0.4 is 29.6 Å². The number of rotatable bonds is 0. The van der Waals surface area contributed by atoms with Crippen molar-refractivity contribution in [1.82, 2.24) is 0 Å². The Labute approximate surface area is 86.8 Å². The monoisotopic (exact) mass is 159 g/mol. The van der Waals surface area contributed by atoms with E-state index in [1.54, 1.807) is 6.92 Å². The van der Waals surface area contributed by atoms with Crippen molar-refractivity contribution < 1.29 is 34.4 Å². The molecule has 0 saturated carbocycles. The molecule has 0 aromatic heterocycles. The molecule has 0 unspecified atom stereocenters. The van der Waals surface area contributed by atoms with Crippen LogP contribution in [-0.2, 0) is 4.79 Å². The molecule has 1 aliphatic rings. The zero-order chi connectivity index (χ0) is 7.56. The molecule has 0 fully saturated rings. The van der Waals surface area contributed by atoms with Gasteiger partial charge in [-0.3, -0.25) is 4.79 Å². The van der Waals surface area contributed by atoms with E-state index in [0.717, 1.165) is 0 Å². The van der Waals surface area contributed by atoms with Crippen molar-refractivity contribution in [3.8, 4) is 0 Å². The van der Waals surface area contributed by atoms with Crippen LogP contribution in [0.15, 0.2) is 29.0 Å². The normalized spacial score (nSPS) is 19.5. The number of allylic oxidation sites excluding steroid dienone is 4. The summed E-state index contributed by atoms with van der Waals surface area (Å²) in [6.45, 7) is 1.68. The van der Waals surface area contributed by atoms with Gasteiger partial charge in [-0.05, 0) is 30.7 Å². The standard InChI is InChI=1S/C7H7NO2.Na/c1-5-4-6(9)2-3-7(5)8-10;/h2-4,10H,1H3;/q;+1/p-1/b8-7+;. The molecule has 0 aliphatic heterocycles. The maximum atomic E-state index is 10.6. The Morgan fingerprint density at radius 2 is 2.09 bits per heavy atom. The third-order valence-corrected chi connectivity index (χ3v) is 1.27. The van der Waals surface area contributed by atoms with Crippen LogP contribution in [0.4, 0.5) is 0 Å². The number of carbonyl (C=O) groups excluding carboxylic acids is 1. The van der Waals surface area contributed by atoms with Crippen LogP contribution in [0.5, 0.6) is 0 Å². The Kier molecular flexibility index (Phi) is 4.33. The van der Waals surface area contributed by atoms with Crippen molar-refractivity contribution in [2.75, 3.05) is 0 Å². The number of carbonyl (C=O) groups is 1. The van der Waals surface area contributed by atoms with Crippen LogP contribution in [0.3, 0.4) is 0 Å². The fourth-order valence-corrected chi connectivity index (χ4v) is 0.730. The zero-order valence-electron chi connectivity index (χ0n) is 6.50. The maximum absolute atomic E-state index is 10.6. The minimum absolute atomic E-state index is 0. The van der Waals surface area contributed by atoms with Crippen molar-refractivity contribution in [2.45, 2.75) is 6.92 Å². The van der Waals surface area contributed by atoms with E-state index in [0.29, 0.717) is 11.3 Å². The van der Waals surface area contributed by atoms with E-state index in [4.69, 9.17) is 0 Å². The predicted molar refractivity (Wildman–Crippen MR) is 38.7 cm³/mol. The summed E-state index contributed by atoms with van der Waals surface area (Å²) < 4.78 is 0. The van der Waals surface area contributed by atoms with Crippen LogP contribution in [0.1, 0.15) is 6.92 Å². The van der Waals surface area contributed by atoms with Gasteiger partial charge >= 0.3 is 29.6 Å². The first kappa shape index (κ1) is 10.6. The molecule has 0 heterocycles. The summed E-state index contributed by atoms with van der Waals surface area (Å²) in [5.74, 6) is -0.0927. The maximum Gasteiger partial charge on any atom is 1.00 e. The molecule has 0 saturated heterocycles. The third kappa shape index (κ3) is 2.61. The van der Waals surface area contributed by atoms with Crippen LogP contribution in [0, 0.1) is 5.21 Å². The first-order valence-corrected chi connectivity index (χ1v) is 2.85. The second-order valence-corrected chi connectivity index (χ2v) is 2.04. The summed E-state index contributed by atoms with van der Waals surface area (Å²) in [5, 5.41) is 12.7. The van der Waals surface area contributed by atoms with E-state index >= 15 is 0 Å². The Hall–Kier alpha value is -0.380. The second kappa shape index (κ2) is 4.49. The van der Waals surface area contributed by atoms with Crippen molar-refractivity contribution in [1.29, 1.82) is 0 Å². The molecular weight excluding hydrogens is 153 g/mol. The Balaban J connectivity index is 0.000001000. The van der Waals surface area contributed by atoms with Gasteiger partial charge in [0.15, 0.2) is 5.78 Å². The van der Waals surface area contributed by atoms with Gasteiger partial charge in [0.2, 0.25) is 0 Å². The van der Waals surface area contributed by atoms with Gasteiger partial charge in [-0.1, -0.05) is 0 Å². The zero-order valence-corrected chi connectivity index (χ0v) is 8.50. The molecule has 11 heavy (non-hydrogen) atoms. The molecule has 0 amide bonds. The molecule has 0 N–H and O–H groups in total. The first-order chi connectivity index (χ1) is 4.74. The smallest absolute Gasteiger partial charge is 0.792 e. The quantitative estimate of drug-likeness (QED) is 0.233. The molecule has 52 valence electrons. The van der Waals surface area contributed by atoms with E-state index in [9.17, 15) is 10.0 Å². The average molecular weight is 159 g/mol. The molecule has 0 atom stereocenters.